The summed E-state index contributed by atoms with van der Waals surface area (Å²) >= 11 is 0. The molecule has 7 heteroatoms. The summed E-state index contributed by atoms with van der Waals surface area (Å²) in [7, 11) is 0. The van der Waals surface area contributed by atoms with E-state index in [4.69, 9.17) is 10.2 Å². The van der Waals surface area contributed by atoms with Crippen LogP contribution in [-0.4, -0.2) is 16.2 Å². The van der Waals surface area contributed by atoms with Crippen molar-refractivity contribution >= 4 is 5.97 Å². The Morgan fingerprint density at radius 2 is 2.07 bits per heavy atom. The Morgan fingerprint density at radius 3 is 2.36 bits per heavy atom. The van der Waals surface area contributed by atoms with E-state index < -0.39 is 35.8 Å². The summed E-state index contributed by atoms with van der Waals surface area (Å²) < 4.78 is 40.4. The lowest BCUT2D eigenvalue weighted by Crippen LogP contribution is -2.06. The van der Waals surface area contributed by atoms with E-state index >= 15 is 0 Å². The Bertz CT molecular complexity index is 352. The van der Waals surface area contributed by atoms with Crippen LogP contribution < -0.4 is 0 Å². The zero-order chi connectivity index (χ0) is 10.9. The molecular formula is C7H5F3O4. The van der Waals surface area contributed by atoms with Crippen molar-refractivity contribution in [1.82, 2.24) is 0 Å². The van der Waals surface area contributed by atoms with Crippen molar-refractivity contribution < 1.29 is 32.6 Å². The van der Waals surface area contributed by atoms with Crippen LogP contribution in [0, 0.1) is 0 Å². The first kappa shape index (κ1) is 10.6. The Hall–Kier alpha value is -1.50. The number of hydrogen-bond acceptors (Lipinski definition) is 3. The molecule has 0 bridgehead atoms. The lowest BCUT2D eigenvalue weighted by molar-refractivity contribution is -0.154. The topological polar surface area (TPSA) is 70.7 Å². The molecule has 0 aliphatic heterocycles. The van der Waals surface area contributed by atoms with E-state index in [1.165, 1.54) is 0 Å². The Morgan fingerprint density at radius 1 is 1.50 bits per heavy atom. The van der Waals surface area contributed by atoms with Gasteiger partial charge < -0.3 is 14.6 Å². The molecule has 0 saturated heterocycles. The van der Waals surface area contributed by atoms with Crippen LogP contribution in [0.4, 0.5) is 13.2 Å². The number of aromatic carboxylic acids is 1. The van der Waals surface area contributed by atoms with Gasteiger partial charge in [0.15, 0.2) is 0 Å². The standard InChI is InChI=1S/C7H5F3O4/c8-7(9,10)5-3(2-11)1-4(14-5)6(12)13/h1,11H,2H2,(H,12,13). The van der Waals surface area contributed by atoms with Gasteiger partial charge in [-0.1, -0.05) is 0 Å². The van der Waals surface area contributed by atoms with Crippen molar-refractivity contribution in [3.8, 4) is 0 Å². The molecule has 0 aliphatic rings. The Labute approximate surface area is 75.6 Å². The highest BCUT2D eigenvalue weighted by Crippen LogP contribution is 2.34. The van der Waals surface area contributed by atoms with E-state index in [-0.39, 0.29) is 0 Å². The molecule has 0 amide bonds. The quantitative estimate of drug-likeness (QED) is 0.775. The zero-order valence-electron chi connectivity index (χ0n) is 6.63. The molecule has 1 rings (SSSR count). The second-order valence-electron chi connectivity index (χ2n) is 2.43. The highest BCUT2D eigenvalue weighted by molar-refractivity contribution is 5.84. The Kier molecular flexibility index (Phi) is 2.52. The maximum absolute atomic E-state index is 12.1. The largest absolute Gasteiger partial charge is 0.475 e. The molecule has 0 aliphatic carbocycles. The second-order valence-corrected chi connectivity index (χ2v) is 2.43. The van der Waals surface area contributed by atoms with Crippen molar-refractivity contribution in [1.29, 1.82) is 0 Å². The minimum Gasteiger partial charge on any atom is -0.475 e. The molecule has 78 valence electrons. The van der Waals surface area contributed by atoms with Crippen LogP contribution in [0.1, 0.15) is 21.9 Å². The van der Waals surface area contributed by atoms with E-state index in [1.807, 2.05) is 0 Å². The summed E-state index contributed by atoms with van der Waals surface area (Å²) in [6, 6.07) is 0.644. The summed E-state index contributed by atoms with van der Waals surface area (Å²) in [5.41, 5.74) is -0.588. The van der Waals surface area contributed by atoms with Gasteiger partial charge in [0.2, 0.25) is 11.5 Å². The fourth-order valence-electron chi connectivity index (χ4n) is 0.892. The number of aliphatic hydroxyl groups is 1. The van der Waals surface area contributed by atoms with Crippen molar-refractivity contribution in [3.63, 3.8) is 0 Å². The fourth-order valence-corrected chi connectivity index (χ4v) is 0.892. The maximum atomic E-state index is 12.1. The highest BCUT2D eigenvalue weighted by atomic mass is 19.4. The average Bonchev–Trinajstić information content (AvgIpc) is 2.46. The molecule has 0 unspecified atom stereocenters. The number of carbonyl (C=O) groups is 1. The van der Waals surface area contributed by atoms with Crippen LogP contribution in [0.25, 0.3) is 0 Å². The molecule has 0 radical (unpaired) electrons. The van der Waals surface area contributed by atoms with Gasteiger partial charge in [-0.25, -0.2) is 4.79 Å². The predicted octanol–water partition coefficient (Wildman–Crippen LogP) is 1.49. The minimum absolute atomic E-state index is 0.588. The molecule has 0 atom stereocenters. The maximum Gasteiger partial charge on any atom is 0.449 e. The molecule has 4 nitrogen and oxygen atoms in total. The molecule has 1 aromatic rings. The predicted molar refractivity (Wildman–Crippen MR) is 36.6 cm³/mol. The highest BCUT2D eigenvalue weighted by Gasteiger charge is 2.38. The smallest absolute Gasteiger partial charge is 0.449 e. The number of carboxylic acids is 1. The van der Waals surface area contributed by atoms with Crippen molar-refractivity contribution in [2.24, 2.45) is 0 Å². The first-order valence-electron chi connectivity index (χ1n) is 3.40. The number of furan rings is 1. The van der Waals surface area contributed by atoms with Gasteiger partial charge in [-0.05, 0) is 6.07 Å². The van der Waals surface area contributed by atoms with Gasteiger partial charge in [0, 0.05) is 5.56 Å². The van der Waals surface area contributed by atoms with Gasteiger partial charge in [0.05, 0.1) is 6.61 Å². The van der Waals surface area contributed by atoms with Crippen LogP contribution >= 0.6 is 0 Å². The number of carboxylic acid groups (broad SMARTS) is 1. The molecule has 1 aromatic heterocycles. The monoisotopic (exact) mass is 210 g/mol. The minimum atomic E-state index is -4.80. The number of aliphatic hydroxyl groups excluding tert-OH is 1. The molecule has 2 N–H and O–H groups in total. The Balaban J connectivity index is 3.22. The van der Waals surface area contributed by atoms with E-state index in [0.717, 1.165) is 0 Å². The number of alkyl halides is 3. The van der Waals surface area contributed by atoms with Crippen molar-refractivity contribution in [2.75, 3.05) is 0 Å². The molecule has 0 saturated carbocycles. The summed E-state index contributed by atoms with van der Waals surface area (Å²) in [5.74, 6) is -3.94. The van der Waals surface area contributed by atoms with Crippen LogP contribution in [0.2, 0.25) is 0 Å². The molecule has 14 heavy (non-hydrogen) atoms. The van der Waals surface area contributed by atoms with E-state index in [2.05, 4.69) is 4.42 Å². The van der Waals surface area contributed by atoms with Gasteiger partial charge >= 0.3 is 12.1 Å². The SMILES string of the molecule is O=C(O)c1cc(CO)c(C(F)(F)F)o1. The third-order valence-corrected chi connectivity index (χ3v) is 1.45. The molecule has 1 heterocycles. The number of rotatable bonds is 2. The summed E-state index contributed by atoms with van der Waals surface area (Å²) in [6.45, 7) is -0.925. The molecule has 0 spiro atoms. The van der Waals surface area contributed by atoms with E-state index in [0.29, 0.717) is 6.07 Å². The van der Waals surface area contributed by atoms with Gasteiger partial charge in [-0.15, -0.1) is 0 Å². The lowest BCUT2D eigenvalue weighted by Gasteiger charge is -2.03. The lowest BCUT2D eigenvalue weighted by atomic mass is 10.2. The van der Waals surface area contributed by atoms with Crippen LogP contribution in [0.3, 0.4) is 0 Å². The number of hydrogen-bond donors (Lipinski definition) is 2. The van der Waals surface area contributed by atoms with Gasteiger partial charge in [0.1, 0.15) is 0 Å². The fraction of sp³-hybridized carbons (Fsp3) is 0.286. The van der Waals surface area contributed by atoms with Crippen LogP contribution in [0.5, 0.6) is 0 Å². The first-order chi connectivity index (χ1) is 6.36. The van der Waals surface area contributed by atoms with Crippen molar-refractivity contribution in [3.05, 3.63) is 23.2 Å². The summed E-state index contributed by atoms with van der Waals surface area (Å²) in [4.78, 5) is 10.3. The number of halogens is 3. The van der Waals surface area contributed by atoms with Crippen molar-refractivity contribution in [2.45, 2.75) is 12.8 Å². The first-order valence-corrected chi connectivity index (χ1v) is 3.40. The zero-order valence-corrected chi connectivity index (χ0v) is 6.63. The average molecular weight is 210 g/mol. The third kappa shape index (κ3) is 1.87. The van der Waals surface area contributed by atoms with Gasteiger partial charge in [-0.3, -0.25) is 0 Å². The molecule has 0 fully saturated rings. The van der Waals surface area contributed by atoms with E-state index in [1.54, 1.807) is 0 Å². The molecule has 0 aromatic carbocycles. The van der Waals surface area contributed by atoms with Crippen LogP contribution in [0.15, 0.2) is 10.5 Å². The summed E-state index contributed by atoms with van der Waals surface area (Å²) in [5, 5.41) is 16.9. The van der Waals surface area contributed by atoms with E-state index in [9.17, 15) is 18.0 Å². The normalized spacial score (nSPS) is 11.7. The molecular weight excluding hydrogens is 205 g/mol. The van der Waals surface area contributed by atoms with Gasteiger partial charge in [0.25, 0.3) is 0 Å². The van der Waals surface area contributed by atoms with Gasteiger partial charge in [-0.2, -0.15) is 13.2 Å². The third-order valence-electron chi connectivity index (χ3n) is 1.45. The van der Waals surface area contributed by atoms with Crippen LogP contribution in [-0.2, 0) is 12.8 Å². The second kappa shape index (κ2) is 3.33. The summed E-state index contributed by atoms with van der Waals surface area (Å²) in [6.07, 6.45) is -4.80.